The van der Waals surface area contributed by atoms with Crippen molar-refractivity contribution < 1.29 is 0 Å². The van der Waals surface area contributed by atoms with Gasteiger partial charge in [0.25, 0.3) is 0 Å². The quantitative estimate of drug-likeness (QED) is 0.778. The molecule has 0 amide bonds. The Balaban J connectivity index is 2.52. The number of hydrogen-bond donors (Lipinski definition) is 1. The molecular formula is C9H9ClN4. The largest absolute Gasteiger partial charge is 0.366 e. The van der Waals surface area contributed by atoms with E-state index in [4.69, 9.17) is 17.3 Å². The van der Waals surface area contributed by atoms with E-state index in [9.17, 15) is 0 Å². The molecule has 14 heavy (non-hydrogen) atoms. The molecular weight excluding hydrogens is 200 g/mol. The van der Waals surface area contributed by atoms with Crippen molar-refractivity contribution in [2.75, 3.05) is 5.73 Å². The number of nitrogens with two attached hydrogens (primary N) is 1. The lowest BCUT2D eigenvalue weighted by molar-refractivity contribution is 0.883. The first-order chi connectivity index (χ1) is 6.66. The number of nitrogen functional groups attached to an aromatic ring is 1. The van der Waals surface area contributed by atoms with Crippen LogP contribution in [0.15, 0.2) is 24.5 Å². The van der Waals surface area contributed by atoms with Crippen molar-refractivity contribution in [2.24, 2.45) is 0 Å². The third-order valence-electron chi connectivity index (χ3n) is 1.86. The van der Waals surface area contributed by atoms with Gasteiger partial charge in [0.05, 0.1) is 10.7 Å². The summed E-state index contributed by atoms with van der Waals surface area (Å²) in [6.07, 6.45) is 1.53. The van der Waals surface area contributed by atoms with Crippen LogP contribution in [0.4, 0.5) is 5.95 Å². The summed E-state index contributed by atoms with van der Waals surface area (Å²) in [6.45, 7) is 1.98. The summed E-state index contributed by atoms with van der Waals surface area (Å²) in [6, 6.07) is 5.71. The average molecular weight is 209 g/mol. The van der Waals surface area contributed by atoms with Crippen LogP contribution in [0.5, 0.6) is 0 Å². The van der Waals surface area contributed by atoms with E-state index in [0.29, 0.717) is 5.02 Å². The van der Waals surface area contributed by atoms with E-state index in [2.05, 4.69) is 10.1 Å². The molecule has 0 aliphatic heterocycles. The first kappa shape index (κ1) is 9.02. The minimum Gasteiger partial charge on any atom is -0.366 e. The van der Waals surface area contributed by atoms with E-state index in [1.54, 1.807) is 4.68 Å². The molecule has 0 spiro atoms. The zero-order valence-electron chi connectivity index (χ0n) is 7.61. The van der Waals surface area contributed by atoms with Crippen LogP contribution in [-0.2, 0) is 0 Å². The van der Waals surface area contributed by atoms with E-state index in [0.717, 1.165) is 11.3 Å². The molecule has 0 saturated carbocycles. The maximum atomic E-state index is 6.04. The van der Waals surface area contributed by atoms with Gasteiger partial charge < -0.3 is 5.73 Å². The molecule has 0 saturated heterocycles. The summed E-state index contributed by atoms with van der Waals surface area (Å²) >= 11 is 6.04. The topological polar surface area (TPSA) is 56.7 Å². The van der Waals surface area contributed by atoms with Gasteiger partial charge in [0.2, 0.25) is 5.95 Å². The SMILES string of the molecule is Cc1ccc(-n2cnc(N)n2)c(Cl)c1. The molecule has 1 aromatic carbocycles. The maximum Gasteiger partial charge on any atom is 0.239 e. The van der Waals surface area contributed by atoms with Gasteiger partial charge in [-0.3, -0.25) is 0 Å². The van der Waals surface area contributed by atoms with Gasteiger partial charge in [-0.15, -0.1) is 5.10 Å². The number of aromatic nitrogens is 3. The van der Waals surface area contributed by atoms with Crippen molar-refractivity contribution in [2.45, 2.75) is 6.92 Å². The minimum absolute atomic E-state index is 0.238. The van der Waals surface area contributed by atoms with Crippen molar-refractivity contribution in [3.8, 4) is 5.69 Å². The van der Waals surface area contributed by atoms with Crippen molar-refractivity contribution in [1.29, 1.82) is 0 Å². The van der Waals surface area contributed by atoms with E-state index in [-0.39, 0.29) is 5.95 Å². The van der Waals surface area contributed by atoms with Crippen LogP contribution in [0.2, 0.25) is 5.02 Å². The van der Waals surface area contributed by atoms with E-state index >= 15 is 0 Å². The average Bonchev–Trinajstić information content (AvgIpc) is 2.51. The minimum atomic E-state index is 0.238. The number of rotatable bonds is 1. The summed E-state index contributed by atoms with van der Waals surface area (Å²) < 4.78 is 1.55. The number of anilines is 1. The van der Waals surface area contributed by atoms with Gasteiger partial charge >= 0.3 is 0 Å². The molecule has 0 bridgehead atoms. The van der Waals surface area contributed by atoms with Gasteiger partial charge in [-0.2, -0.15) is 0 Å². The Kier molecular flexibility index (Phi) is 2.13. The van der Waals surface area contributed by atoms with Crippen molar-refractivity contribution in [3.05, 3.63) is 35.1 Å². The highest BCUT2D eigenvalue weighted by atomic mass is 35.5. The van der Waals surface area contributed by atoms with Crippen LogP contribution in [0.1, 0.15) is 5.56 Å². The molecule has 2 N–H and O–H groups in total. The first-order valence-electron chi connectivity index (χ1n) is 4.10. The molecule has 5 heteroatoms. The number of aryl methyl sites for hydroxylation is 1. The van der Waals surface area contributed by atoms with Crippen LogP contribution >= 0.6 is 11.6 Å². The molecule has 72 valence electrons. The summed E-state index contributed by atoms with van der Waals surface area (Å²) in [5.74, 6) is 0.238. The molecule has 0 aliphatic rings. The fourth-order valence-corrected chi connectivity index (χ4v) is 1.51. The molecule has 2 aromatic rings. The normalized spacial score (nSPS) is 10.4. The van der Waals surface area contributed by atoms with E-state index in [1.807, 2.05) is 25.1 Å². The molecule has 1 aromatic heterocycles. The second-order valence-corrected chi connectivity index (χ2v) is 3.41. The smallest absolute Gasteiger partial charge is 0.239 e. The van der Waals surface area contributed by atoms with Crippen LogP contribution in [0.3, 0.4) is 0 Å². The third kappa shape index (κ3) is 1.56. The Morgan fingerprint density at radius 3 is 2.79 bits per heavy atom. The monoisotopic (exact) mass is 208 g/mol. The molecule has 0 aliphatic carbocycles. The van der Waals surface area contributed by atoms with Crippen molar-refractivity contribution in [3.63, 3.8) is 0 Å². The third-order valence-corrected chi connectivity index (χ3v) is 2.16. The molecule has 1 heterocycles. The van der Waals surface area contributed by atoms with Crippen LogP contribution in [-0.4, -0.2) is 14.8 Å². The fraction of sp³-hybridized carbons (Fsp3) is 0.111. The van der Waals surface area contributed by atoms with Gasteiger partial charge in [-0.05, 0) is 24.6 Å². The van der Waals surface area contributed by atoms with Gasteiger partial charge in [0.15, 0.2) is 0 Å². The van der Waals surface area contributed by atoms with Crippen molar-refractivity contribution in [1.82, 2.24) is 14.8 Å². The van der Waals surface area contributed by atoms with Gasteiger partial charge in [0, 0.05) is 0 Å². The number of nitrogens with zero attached hydrogens (tertiary/aromatic N) is 3. The molecule has 0 unspecified atom stereocenters. The van der Waals surface area contributed by atoms with Gasteiger partial charge in [-0.1, -0.05) is 17.7 Å². The van der Waals surface area contributed by atoms with E-state index in [1.165, 1.54) is 6.33 Å². The lowest BCUT2D eigenvalue weighted by Crippen LogP contribution is -1.97. The number of hydrogen-bond acceptors (Lipinski definition) is 3. The molecule has 4 nitrogen and oxygen atoms in total. The summed E-state index contributed by atoms with van der Waals surface area (Å²) in [7, 11) is 0. The lowest BCUT2D eigenvalue weighted by Gasteiger charge is -2.03. The molecule has 0 radical (unpaired) electrons. The Labute approximate surface area is 86.3 Å². The van der Waals surface area contributed by atoms with Crippen LogP contribution < -0.4 is 5.73 Å². The summed E-state index contributed by atoms with van der Waals surface area (Å²) in [4.78, 5) is 3.83. The predicted octanol–water partition coefficient (Wildman–Crippen LogP) is 1.81. The summed E-state index contributed by atoms with van der Waals surface area (Å²) in [5.41, 5.74) is 7.29. The lowest BCUT2D eigenvalue weighted by atomic mass is 10.2. The number of halogens is 1. The standard InChI is InChI=1S/C9H9ClN4/c1-6-2-3-8(7(10)4-6)14-5-12-9(11)13-14/h2-5H,1H3,(H2,11,13). The Morgan fingerprint density at radius 1 is 1.43 bits per heavy atom. The first-order valence-corrected chi connectivity index (χ1v) is 4.48. The Hall–Kier alpha value is -1.55. The fourth-order valence-electron chi connectivity index (χ4n) is 1.19. The molecule has 0 fully saturated rings. The van der Waals surface area contributed by atoms with Gasteiger partial charge in [-0.25, -0.2) is 9.67 Å². The zero-order valence-corrected chi connectivity index (χ0v) is 8.36. The summed E-state index contributed by atoms with van der Waals surface area (Å²) in [5, 5.41) is 4.60. The van der Waals surface area contributed by atoms with Crippen LogP contribution in [0, 0.1) is 6.92 Å². The van der Waals surface area contributed by atoms with Crippen molar-refractivity contribution >= 4 is 17.5 Å². The maximum absolute atomic E-state index is 6.04. The molecule has 0 atom stereocenters. The zero-order chi connectivity index (χ0) is 10.1. The highest BCUT2D eigenvalue weighted by molar-refractivity contribution is 6.32. The Morgan fingerprint density at radius 2 is 2.21 bits per heavy atom. The second-order valence-electron chi connectivity index (χ2n) is 3.00. The van der Waals surface area contributed by atoms with Gasteiger partial charge in [0.1, 0.15) is 6.33 Å². The number of benzene rings is 1. The highest BCUT2D eigenvalue weighted by Crippen LogP contribution is 2.20. The highest BCUT2D eigenvalue weighted by Gasteiger charge is 2.04. The Bertz CT molecular complexity index is 464. The van der Waals surface area contributed by atoms with E-state index < -0.39 is 0 Å². The van der Waals surface area contributed by atoms with Crippen LogP contribution in [0.25, 0.3) is 5.69 Å². The predicted molar refractivity (Wildman–Crippen MR) is 55.5 cm³/mol. The second kappa shape index (κ2) is 3.31. The molecule has 2 rings (SSSR count).